The third-order valence-corrected chi connectivity index (χ3v) is 3.29. The lowest BCUT2D eigenvalue weighted by molar-refractivity contribution is 0.111. The van der Waals surface area contributed by atoms with Crippen LogP contribution in [0.2, 0.25) is 0 Å². The van der Waals surface area contributed by atoms with E-state index in [2.05, 4.69) is 23.9 Å². The highest BCUT2D eigenvalue weighted by Crippen LogP contribution is 2.22. The normalized spacial score (nSPS) is 27.1. The third-order valence-electron chi connectivity index (χ3n) is 3.29. The number of rotatable bonds is 3. The molecule has 0 spiro atoms. The van der Waals surface area contributed by atoms with Crippen molar-refractivity contribution in [2.45, 2.75) is 25.9 Å². The van der Waals surface area contributed by atoms with E-state index in [0.717, 1.165) is 19.4 Å². The minimum atomic E-state index is 0.637. The lowest BCUT2D eigenvalue weighted by Crippen LogP contribution is -2.22. The molecule has 0 radical (unpaired) electrons. The number of likely N-dealkylation sites (tertiary alicyclic amines) is 1. The second kappa shape index (κ2) is 4.14. The average molecular weight is 207 g/mol. The van der Waals surface area contributed by atoms with Crippen LogP contribution in [0.15, 0.2) is 12.5 Å². The summed E-state index contributed by atoms with van der Waals surface area (Å²) in [7, 11) is 2.15. The Bertz CT molecular complexity index is 337. The first kappa shape index (κ1) is 10.4. The van der Waals surface area contributed by atoms with Gasteiger partial charge in [0.25, 0.3) is 0 Å². The molecule has 4 nitrogen and oxygen atoms in total. The zero-order chi connectivity index (χ0) is 10.8. The van der Waals surface area contributed by atoms with Crippen molar-refractivity contribution in [2.24, 2.45) is 5.92 Å². The Morgan fingerprint density at radius 2 is 2.47 bits per heavy atom. The van der Waals surface area contributed by atoms with Crippen LogP contribution < -0.4 is 0 Å². The number of aromatic nitrogens is 2. The van der Waals surface area contributed by atoms with Gasteiger partial charge in [-0.1, -0.05) is 0 Å². The van der Waals surface area contributed by atoms with Crippen LogP contribution in [-0.2, 0) is 6.54 Å². The summed E-state index contributed by atoms with van der Waals surface area (Å²) in [4.78, 5) is 17.1. The first-order valence-electron chi connectivity index (χ1n) is 5.36. The molecule has 0 aliphatic carbocycles. The maximum Gasteiger partial charge on any atom is 0.168 e. The summed E-state index contributed by atoms with van der Waals surface area (Å²) in [5, 5.41) is 0. The van der Waals surface area contributed by atoms with Crippen LogP contribution in [0.4, 0.5) is 0 Å². The molecule has 0 aromatic carbocycles. The van der Waals surface area contributed by atoms with Gasteiger partial charge in [-0.15, -0.1) is 0 Å². The van der Waals surface area contributed by atoms with Crippen LogP contribution in [-0.4, -0.2) is 40.4 Å². The van der Waals surface area contributed by atoms with E-state index >= 15 is 0 Å². The number of carbonyl (C=O) groups is 1. The lowest BCUT2D eigenvalue weighted by atomic mass is 10.1. The van der Waals surface area contributed by atoms with Gasteiger partial charge in [0, 0.05) is 19.1 Å². The zero-order valence-corrected chi connectivity index (χ0v) is 9.26. The van der Waals surface area contributed by atoms with Crippen molar-refractivity contribution in [1.82, 2.24) is 14.5 Å². The molecule has 1 aliphatic heterocycles. The molecule has 2 unspecified atom stereocenters. The summed E-state index contributed by atoms with van der Waals surface area (Å²) in [5.41, 5.74) is 0.678. The maximum atomic E-state index is 10.7. The Balaban J connectivity index is 2.01. The Morgan fingerprint density at radius 1 is 1.67 bits per heavy atom. The Morgan fingerprint density at radius 3 is 3.07 bits per heavy atom. The van der Waals surface area contributed by atoms with Gasteiger partial charge in [0.2, 0.25) is 0 Å². The number of carbonyl (C=O) groups excluding carboxylic acids is 1. The summed E-state index contributed by atoms with van der Waals surface area (Å²) in [6.07, 6.45) is 5.43. The zero-order valence-electron chi connectivity index (χ0n) is 9.26. The lowest BCUT2D eigenvalue weighted by Gasteiger charge is -2.13. The molecule has 1 saturated heterocycles. The van der Waals surface area contributed by atoms with Crippen molar-refractivity contribution >= 4 is 6.29 Å². The van der Waals surface area contributed by atoms with Crippen molar-refractivity contribution in [3.05, 3.63) is 18.2 Å². The predicted octanol–water partition coefficient (Wildman–Crippen LogP) is 1.04. The van der Waals surface area contributed by atoms with Gasteiger partial charge < -0.3 is 9.47 Å². The molecule has 1 aliphatic rings. The van der Waals surface area contributed by atoms with Gasteiger partial charge in [0.05, 0.1) is 12.5 Å². The van der Waals surface area contributed by atoms with Gasteiger partial charge in [-0.25, -0.2) is 4.98 Å². The van der Waals surface area contributed by atoms with Crippen molar-refractivity contribution in [1.29, 1.82) is 0 Å². The summed E-state index contributed by atoms with van der Waals surface area (Å²) < 4.78 is 1.95. The number of aldehydes is 1. The molecule has 2 heterocycles. The monoisotopic (exact) mass is 207 g/mol. The Hall–Kier alpha value is -1.16. The molecule has 1 aromatic heterocycles. The number of hydrogen-bond acceptors (Lipinski definition) is 3. The van der Waals surface area contributed by atoms with Crippen LogP contribution in [0, 0.1) is 5.92 Å². The Kier molecular flexibility index (Phi) is 2.86. The summed E-state index contributed by atoms with van der Waals surface area (Å²) in [5.74, 6) is 0.637. The standard InChI is InChI=1S/C11H17N3O/c1-9-3-10(5-13(9)2)6-14-8-12-4-11(14)7-15/h4,7-10H,3,5-6H2,1-2H3. The van der Waals surface area contributed by atoms with Crippen molar-refractivity contribution < 1.29 is 4.79 Å². The fourth-order valence-corrected chi connectivity index (χ4v) is 2.32. The van der Waals surface area contributed by atoms with Gasteiger partial charge >= 0.3 is 0 Å². The van der Waals surface area contributed by atoms with E-state index in [0.29, 0.717) is 17.7 Å². The highest BCUT2D eigenvalue weighted by atomic mass is 16.1. The van der Waals surface area contributed by atoms with Gasteiger partial charge in [-0.2, -0.15) is 0 Å². The number of hydrogen-bond donors (Lipinski definition) is 0. The average Bonchev–Trinajstić information content (AvgIpc) is 2.75. The van der Waals surface area contributed by atoms with Crippen LogP contribution >= 0.6 is 0 Å². The second-order valence-electron chi connectivity index (χ2n) is 4.48. The molecular formula is C11H17N3O. The molecule has 0 bridgehead atoms. The summed E-state index contributed by atoms with van der Waals surface area (Å²) in [6, 6.07) is 0.651. The molecule has 15 heavy (non-hydrogen) atoms. The van der Waals surface area contributed by atoms with Crippen LogP contribution in [0.1, 0.15) is 23.8 Å². The van der Waals surface area contributed by atoms with Crippen molar-refractivity contribution in [3.8, 4) is 0 Å². The minimum Gasteiger partial charge on any atom is -0.328 e. The van der Waals surface area contributed by atoms with Gasteiger partial charge in [-0.05, 0) is 26.3 Å². The Labute approximate surface area is 89.9 Å². The van der Waals surface area contributed by atoms with Crippen LogP contribution in [0.25, 0.3) is 0 Å². The highest BCUT2D eigenvalue weighted by Gasteiger charge is 2.26. The first-order chi connectivity index (χ1) is 7.20. The second-order valence-corrected chi connectivity index (χ2v) is 4.48. The van der Waals surface area contributed by atoms with E-state index in [-0.39, 0.29) is 0 Å². The van der Waals surface area contributed by atoms with Crippen molar-refractivity contribution in [2.75, 3.05) is 13.6 Å². The van der Waals surface area contributed by atoms with E-state index in [1.807, 2.05) is 4.57 Å². The third kappa shape index (κ3) is 2.09. The fourth-order valence-electron chi connectivity index (χ4n) is 2.32. The largest absolute Gasteiger partial charge is 0.328 e. The molecule has 2 rings (SSSR count). The molecular weight excluding hydrogens is 190 g/mol. The summed E-state index contributed by atoms with van der Waals surface area (Å²) in [6.45, 7) is 4.26. The topological polar surface area (TPSA) is 38.1 Å². The summed E-state index contributed by atoms with van der Waals surface area (Å²) >= 11 is 0. The molecule has 0 amide bonds. The molecule has 4 heteroatoms. The van der Waals surface area contributed by atoms with Crippen molar-refractivity contribution in [3.63, 3.8) is 0 Å². The van der Waals surface area contributed by atoms with Gasteiger partial charge in [0.1, 0.15) is 5.69 Å². The van der Waals surface area contributed by atoms with Gasteiger partial charge in [-0.3, -0.25) is 4.79 Å². The molecule has 1 fully saturated rings. The maximum absolute atomic E-state index is 10.7. The quantitative estimate of drug-likeness (QED) is 0.695. The molecule has 82 valence electrons. The van der Waals surface area contributed by atoms with E-state index in [4.69, 9.17) is 0 Å². The van der Waals surface area contributed by atoms with E-state index < -0.39 is 0 Å². The minimum absolute atomic E-state index is 0.637. The fraction of sp³-hybridized carbons (Fsp3) is 0.636. The number of nitrogens with zero attached hydrogens (tertiary/aromatic N) is 3. The smallest absolute Gasteiger partial charge is 0.168 e. The SMILES string of the molecule is CC1CC(Cn2cncc2C=O)CN1C. The van der Waals surface area contributed by atoms with E-state index in [9.17, 15) is 4.79 Å². The van der Waals surface area contributed by atoms with E-state index in [1.165, 1.54) is 6.42 Å². The predicted molar refractivity (Wildman–Crippen MR) is 57.8 cm³/mol. The number of imidazole rings is 1. The van der Waals surface area contributed by atoms with Crippen LogP contribution in [0.5, 0.6) is 0 Å². The van der Waals surface area contributed by atoms with Crippen LogP contribution in [0.3, 0.4) is 0 Å². The molecule has 0 N–H and O–H groups in total. The highest BCUT2D eigenvalue weighted by molar-refractivity contribution is 5.71. The van der Waals surface area contributed by atoms with E-state index in [1.54, 1.807) is 12.5 Å². The molecule has 2 atom stereocenters. The first-order valence-corrected chi connectivity index (χ1v) is 5.36. The molecule has 0 saturated carbocycles. The van der Waals surface area contributed by atoms with Gasteiger partial charge in [0.15, 0.2) is 6.29 Å². The molecule has 1 aromatic rings.